The zero-order chi connectivity index (χ0) is 21.4. The minimum Gasteiger partial charge on any atom is -0.487 e. The molecular formula is C26H30N2O3. The average Bonchev–Trinajstić information content (AvgIpc) is 3.57. The fraction of sp³-hybridized carbons (Fsp3) is 0.462. The summed E-state index contributed by atoms with van der Waals surface area (Å²) in [5, 5.41) is 3.14. The lowest BCUT2D eigenvalue weighted by Crippen LogP contribution is -2.52. The zero-order valence-electron chi connectivity index (χ0n) is 18.1. The first-order valence-corrected chi connectivity index (χ1v) is 11.4. The minimum atomic E-state index is -0.303. The summed E-state index contributed by atoms with van der Waals surface area (Å²) >= 11 is 0. The summed E-state index contributed by atoms with van der Waals surface area (Å²) in [4.78, 5) is 27.5. The van der Waals surface area contributed by atoms with Gasteiger partial charge in [-0.1, -0.05) is 35.9 Å². The van der Waals surface area contributed by atoms with Crippen molar-refractivity contribution in [1.82, 2.24) is 10.2 Å². The molecule has 1 aliphatic carbocycles. The number of nitrogens with zero attached hydrogens (tertiary/aromatic N) is 1. The largest absolute Gasteiger partial charge is 0.487 e. The first-order chi connectivity index (χ1) is 15.0. The van der Waals surface area contributed by atoms with Crippen molar-refractivity contribution in [3.8, 4) is 5.75 Å². The second-order valence-corrected chi connectivity index (χ2v) is 9.43. The zero-order valence-corrected chi connectivity index (χ0v) is 18.1. The Labute approximate surface area is 183 Å². The van der Waals surface area contributed by atoms with Gasteiger partial charge in [-0.25, -0.2) is 0 Å². The van der Waals surface area contributed by atoms with E-state index in [1.54, 1.807) is 0 Å². The van der Waals surface area contributed by atoms with E-state index in [9.17, 15) is 9.59 Å². The molecule has 1 saturated heterocycles. The van der Waals surface area contributed by atoms with Crippen LogP contribution in [0.5, 0.6) is 5.75 Å². The maximum Gasteiger partial charge on any atom is 0.253 e. The molecule has 1 saturated carbocycles. The van der Waals surface area contributed by atoms with E-state index in [1.807, 2.05) is 54.3 Å². The maximum atomic E-state index is 13.0. The van der Waals surface area contributed by atoms with E-state index >= 15 is 0 Å². The molecule has 2 aromatic rings. The topological polar surface area (TPSA) is 58.6 Å². The van der Waals surface area contributed by atoms with Gasteiger partial charge in [-0.15, -0.1) is 0 Å². The molecular weight excluding hydrogens is 388 g/mol. The number of para-hydroxylation sites is 1. The normalized spacial score (nSPS) is 21.8. The third-order valence-corrected chi connectivity index (χ3v) is 6.90. The van der Waals surface area contributed by atoms with E-state index in [1.165, 1.54) is 0 Å². The second kappa shape index (κ2) is 8.03. The lowest BCUT2D eigenvalue weighted by molar-refractivity contribution is -0.122. The molecule has 5 heteroatoms. The molecule has 5 nitrogen and oxygen atoms in total. The molecule has 162 valence electrons. The number of nitrogens with one attached hydrogen (secondary N) is 1. The standard InChI is InChI=1S/C26H30N2O3/c1-18-5-4-6-19(15-18)25(30)28-13-11-26(12-14-28)17-20(16-24(29)27-21-9-10-21)22-7-2-3-8-23(22)31-26/h2-8,15,20-21H,9-14,16-17H2,1H3,(H,27,29)/t20-/m1/s1. The van der Waals surface area contributed by atoms with Crippen LogP contribution < -0.4 is 10.1 Å². The van der Waals surface area contributed by atoms with Crippen molar-refractivity contribution in [1.29, 1.82) is 0 Å². The van der Waals surface area contributed by atoms with Gasteiger partial charge in [0.25, 0.3) is 5.91 Å². The number of carbonyl (C=O) groups is 2. The number of ether oxygens (including phenoxy) is 1. The average molecular weight is 419 g/mol. The van der Waals surface area contributed by atoms with Crippen molar-refractivity contribution < 1.29 is 14.3 Å². The number of amides is 2. The molecule has 1 N–H and O–H groups in total. The molecule has 31 heavy (non-hydrogen) atoms. The van der Waals surface area contributed by atoms with E-state index in [0.29, 0.717) is 25.6 Å². The molecule has 0 radical (unpaired) electrons. The van der Waals surface area contributed by atoms with Crippen LogP contribution in [0.4, 0.5) is 0 Å². The Kier molecular flexibility index (Phi) is 5.20. The summed E-state index contributed by atoms with van der Waals surface area (Å²) in [6.45, 7) is 3.36. The summed E-state index contributed by atoms with van der Waals surface area (Å²) < 4.78 is 6.55. The minimum absolute atomic E-state index is 0.0927. The number of hydrogen-bond donors (Lipinski definition) is 1. The highest BCUT2D eigenvalue weighted by molar-refractivity contribution is 5.94. The third-order valence-electron chi connectivity index (χ3n) is 6.90. The first-order valence-electron chi connectivity index (χ1n) is 11.4. The van der Waals surface area contributed by atoms with Gasteiger partial charge in [-0.05, 0) is 49.9 Å². The Morgan fingerprint density at radius 1 is 1.10 bits per heavy atom. The molecule has 1 spiro atoms. The molecule has 0 aromatic heterocycles. The Hall–Kier alpha value is -2.82. The van der Waals surface area contributed by atoms with Gasteiger partial charge >= 0.3 is 0 Å². The van der Waals surface area contributed by atoms with Crippen LogP contribution in [0.3, 0.4) is 0 Å². The van der Waals surface area contributed by atoms with Gasteiger partial charge in [0.2, 0.25) is 5.91 Å². The number of aryl methyl sites for hydroxylation is 1. The highest BCUT2D eigenvalue weighted by Gasteiger charge is 2.44. The number of rotatable bonds is 4. The van der Waals surface area contributed by atoms with Crippen LogP contribution in [0, 0.1) is 6.92 Å². The number of carbonyl (C=O) groups excluding carboxylic acids is 2. The second-order valence-electron chi connectivity index (χ2n) is 9.43. The summed E-state index contributed by atoms with van der Waals surface area (Å²) in [6.07, 6.45) is 5.12. The Bertz CT molecular complexity index is 990. The van der Waals surface area contributed by atoms with Gasteiger partial charge in [-0.2, -0.15) is 0 Å². The molecule has 2 heterocycles. The summed E-state index contributed by atoms with van der Waals surface area (Å²) in [6, 6.07) is 16.3. The molecule has 2 amide bonds. The van der Waals surface area contributed by atoms with Gasteiger partial charge in [0.1, 0.15) is 11.4 Å². The highest BCUT2D eigenvalue weighted by atomic mass is 16.5. The number of benzene rings is 2. The Balaban J connectivity index is 1.30. The van der Waals surface area contributed by atoms with Gasteiger partial charge in [-0.3, -0.25) is 9.59 Å². The first kappa shape index (κ1) is 20.1. The molecule has 3 aliphatic rings. The van der Waals surface area contributed by atoms with Gasteiger partial charge in [0, 0.05) is 49.9 Å². The highest BCUT2D eigenvalue weighted by Crippen LogP contribution is 2.46. The molecule has 0 unspecified atom stereocenters. The number of fused-ring (bicyclic) bond motifs is 1. The van der Waals surface area contributed by atoms with Crippen molar-refractivity contribution >= 4 is 11.8 Å². The van der Waals surface area contributed by atoms with E-state index in [2.05, 4.69) is 11.4 Å². The quantitative estimate of drug-likeness (QED) is 0.809. The van der Waals surface area contributed by atoms with Crippen LogP contribution in [0.15, 0.2) is 48.5 Å². The predicted molar refractivity (Wildman–Crippen MR) is 119 cm³/mol. The third kappa shape index (κ3) is 4.32. The van der Waals surface area contributed by atoms with Crippen molar-refractivity contribution in [2.24, 2.45) is 0 Å². The monoisotopic (exact) mass is 418 g/mol. The van der Waals surface area contributed by atoms with Gasteiger partial charge < -0.3 is 15.0 Å². The number of likely N-dealkylation sites (tertiary alicyclic amines) is 1. The molecule has 0 bridgehead atoms. The van der Waals surface area contributed by atoms with Crippen LogP contribution >= 0.6 is 0 Å². The molecule has 2 fully saturated rings. The summed E-state index contributed by atoms with van der Waals surface area (Å²) in [5.41, 5.74) is 2.68. The Morgan fingerprint density at radius 3 is 2.61 bits per heavy atom. The fourth-order valence-electron chi connectivity index (χ4n) is 5.05. The molecule has 2 aliphatic heterocycles. The van der Waals surface area contributed by atoms with Crippen LogP contribution in [0.2, 0.25) is 0 Å². The van der Waals surface area contributed by atoms with Crippen LogP contribution in [-0.2, 0) is 4.79 Å². The molecule has 2 aromatic carbocycles. The summed E-state index contributed by atoms with van der Waals surface area (Å²) in [5.74, 6) is 1.29. The molecule has 1 atom stereocenters. The van der Waals surface area contributed by atoms with E-state index in [0.717, 1.165) is 54.5 Å². The van der Waals surface area contributed by atoms with Crippen LogP contribution in [0.1, 0.15) is 65.9 Å². The Morgan fingerprint density at radius 2 is 1.87 bits per heavy atom. The fourth-order valence-corrected chi connectivity index (χ4v) is 5.05. The lowest BCUT2D eigenvalue weighted by atomic mass is 9.76. The van der Waals surface area contributed by atoms with Crippen molar-refractivity contribution in [2.45, 2.75) is 63.0 Å². The summed E-state index contributed by atoms with van der Waals surface area (Å²) in [7, 11) is 0. The molecule has 5 rings (SSSR count). The maximum absolute atomic E-state index is 13.0. The van der Waals surface area contributed by atoms with Gasteiger partial charge in [0.15, 0.2) is 0 Å². The number of piperidine rings is 1. The number of hydrogen-bond acceptors (Lipinski definition) is 3. The SMILES string of the molecule is Cc1cccc(C(=O)N2CCC3(CC2)C[C@@H](CC(=O)NC2CC2)c2ccccc2O3)c1. The van der Waals surface area contributed by atoms with Crippen molar-refractivity contribution in [3.05, 3.63) is 65.2 Å². The smallest absolute Gasteiger partial charge is 0.253 e. The van der Waals surface area contributed by atoms with Crippen LogP contribution in [0.25, 0.3) is 0 Å². The predicted octanol–water partition coefficient (Wildman–Crippen LogP) is 4.20. The lowest BCUT2D eigenvalue weighted by Gasteiger charge is -2.47. The van der Waals surface area contributed by atoms with Crippen molar-refractivity contribution in [3.63, 3.8) is 0 Å². The van der Waals surface area contributed by atoms with Crippen molar-refractivity contribution in [2.75, 3.05) is 13.1 Å². The van der Waals surface area contributed by atoms with E-state index in [4.69, 9.17) is 4.74 Å². The van der Waals surface area contributed by atoms with Crippen LogP contribution in [-0.4, -0.2) is 41.4 Å². The van der Waals surface area contributed by atoms with Gasteiger partial charge in [0.05, 0.1) is 0 Å². The van der Waals surface area contributed by atoms with E-state index in [-0.39, 0.29) is 23.3 Å². The van der Waals surface area contributed by atoms with E-state index < -0.39 is 0 Å².